The van der Waals surface area contributed by atoms with E-state index in [1.54, 1.807) is 0 Å². The number of aliphatic hydroxyl groups is 3. The predicted molar refractivity (Wildman–Crippen MR) is 60.2 cm³/mol. The van der Waals surface area contributed by atoms with Crippen molar-refractivity contribution in [2.24, 2.45) is 0 Å². The molecule has 100 valence electrons. The van der Waals surface area contributed by atoms with Gasteiger partial charge in [-0.3, -0.25) is 5.32 Å². The van der Waals surface area contributed by atoms with E-state index in [1.165, 1.54) is 0 Å². The molecule has 1 heterocycles. The molecule has 1 aliphatic heterocycles. The Kier molecular flexibility index (Phi) is 3.31. The molecule has 1 aliphatic rings. The predicted octanol–water partition coefficient (Wildman–Crippen LogP) is -1.47. The zero-order valence-corrected chi connectivity index (χ0v) is 9.35. The fourth-order valence-corrected chi connectivity index (χ4v) is 2.20. The van der Waals surface area contributed by atoms with Crippen LogP contribution in [0.1, 0.15) is 11.6 Å². The number of phenolic OH excluding ortho intramolecular Hbond substituents is 3. The summed E-state index contributed by atoms with van der Waals surface area (Å²) in [6.07, 6.45) is -2.50. The Morgan fingerprint density at radius 3 is 2.00 bits per heavy atom. The summed E-state index contributed by atoms with van der Waals surface area (Å²) in [4.78, 5) is 0. The number of aromatic hydroxyl groups is 3. The first-order chi connectivity index (χ1) is 8.45. The van der Waals surface area contributed by atoms with Gasteiger partial charge in [-0.1, -0.05) is 0 Å². The van der Waals surface area contributed by atoms with Crippen LogP contribution in [0.4, 0.5) is 0 Å². The summed E-state index contributed by atoms with van der Waals surface area (Å²) in [6.45, 7) is -0.395. The lowest BCUT2D eigenvalue weighted by Crippen LogP contribution is -2.35. The SMILES string of the molecule is OC[C@@H]1N[C@@H](c2c(O)cc(O)cc2O)[C@H](O)[C@H]1O. The smallest absolute Gasteiger partial charge is 0.127 e. The fraction of sp³-hybridized carbons (Fsp3) is 0.455. The average Bonchev–Trinajstić information content (AvgIpc) is 2.56. The molecule has 4 atom stereocenters. The van der Waals surface area contributed by atoms with Gasteiger partial charge < -0.3 is 30.6 Å². The summed E-state index contributed by atoms with van der Waals surface area (Å²) in [5.74, 6) is -1.13. The normalized spacial score (nSPS) is 31.7. The second kappa shape index (κ2) is 4.62. The van der Waals surface area contributed by atoms with Gasteiger partial charge in [0, 0.05) is 12.1 Å². The molecule has 1 saturated heterocycles. The highest BCUT2D eigenvalue weighted by atomic mass is 16.3. The molecule has 18 heavy (non-hydrogen) atoms. The quantitative estimate of drug-likeness (QED) is 0.344. The molecule has 0 radical (unpaired) electrons. The van der Waals surface area contributed by atoms with Gasteiger partial charge in [-0.05, 0) is 0 Å². The van der Waals surface area contributed by atoms with Crippen molar-refractivity contribution in [3.05, 3.63) is 17.7 Å². The van der Waals surface area contributed by atoms with Crippen molar-refractivity contribution in [2.45, 2.75) is 24.3 Å². The van der Waals surface area contributed by atoms with Crippen LogP contribution < -0.4 is 5.32 Å². The van der Waals surface area contributed by atoms with Crippen LogP contribution in [0.3, 0.4) is 0 Å². The topological polar surface area (TPSA) is 133 Å². The van der Waals surface area contributed by atoms with Gasteiger partial charge in [-0.2, -0.15) is 0 Å². The van der Waals surface area contributed by atoms with E-state index in [9.17, 15) is 25.5 Å². The molecular formula is C11H15NO6. The highest BCUT2D eigenvalue weighted by molar-refractivity contribution is 5.51. The molecule has 1 fully saturated rings. The van der Waals surface area contributed by atoms with Crippen LogP contribution in [-0.4, -0.2) is 55.5 Å². The van der Waals surface area contributed by atoms with Crippen molar-refractivity contribution in [3.8, 4) is 17.2 Å². The summed E-state index contributed by atoms with van der Waals surface area (Å²) < 4.78 is 0. The van der Waals surface area contributed by atoms with Crippen LogP contribution in [0.5, 0.6) is 17.2 Å². The number of nitrogens with one attached hydrogen (secondary N) is 1. The number of hydrogen-bond donors (Lipinski definition) is 7. The van der Waals surface area contributed by atoms with Gasteiger partial charge in [0.1, 0.15) is 23.4 Å². The van der Waals surface area contributed by atoms with E-state index in [2.05, 4.69) is 5.32 Å². The Morgan fingerprint density at radius 2 is 1.56 bits per heavy atom. The Bertz CT molecular complexity index is 428. The highest BCUT2D eigenvalue weighted by Crippen LogP contribution is 2.40. The van der Waals surface area contributed by atoms with Gasteiger partial charge in [-0.25, -0.2) is 0 Å². The molecule has 7 heteroatoms. The lowest BCUT2D eigenvalue weighted by Gasteiger charge is -2.18. The van der Waals surface area contributed by atoms with Gasteiger partial charge in [0.2, 0.25) is 0 Å². The standard InChI is InChI=1S/C11H15NO6/c13-3-5-10(17)11(18)9(12-5)8-6(15)1-4(14)2-7(8)16/h1-2,5,9-18H,3H2/t5-,9-,10-,11-/m0/s1. The van der Waals surface area contributed by atoms with E-state index in [1.807, 2.05) is 0 Å². The van der Waals surface area contributed by atoms with Crippen molar-refractivity contribution in [1.29, 1.82) is 0 Å². The van der Waals surface area contributed by atoms with Crippen LogP contribution in [0.25, 0.3) is 0 Å². The van der Waals surface area contributed by atoms with Crippen molar-refractivity contribution in [1.82, 2.24) is 5.32 Å². The van der Waals surface area contributed by atoms with E-state index in [4.69, 9.17) is 5.11 Å². The Morgan fingerprint density at radius 1 is 1.00 bits per heavy atom. The maximum atomic E-state index is 9.82. The minimum Gasteiger partial charge on any atom is -0.508 e. The van der Waals surface area contributed by atoms with Gasteiger partial charge in [0.25, 0.3) is 0 Å². The second-order valence-corrected chi connectivity index (χ2v) is 4.31. The molecule has 7 N–H and O–H groups in total. The fourth-order valence-electron chi connectivity index (χ4n) is 2.20. The van der Waals surface area contributed by atoms with E-state index in [0.29, 0.717) is 0 Å². The largest absolute Gasteiger partial charge is 0.508 e. The van der Waals surface area contributed by atoms with E-state index in [0.717, 1.165) is 12.1 Å². The first kappa shape index (κ1) is 12.9. The maximum Gasteiger partial charge on any atom is 0.127 e. The minimum atomic E-state index is -1.29. The summed E-state index contributed by atoms with van der Waals surface area (Å²) in [7, 11) is 0. The van der Waals surface area contributed by atoms with Crippen molar-refractivity contribution in [2.75, 3.05) is 6.61 Å². The first-order valence-electron chi connectivity index (χ1n) is 5.43. The molecule has 2 rings (SSSR count). The second-order valence-electron chi connectivity index (χ2n) is 4.31. The van der Waals surface area contributed by atoms with E-state index < -0.39 is 42.4 Å². The molecule has 0 spiro atoms. The monoisotopic (exact) mass is 257 g/mol. The van der Waals surface area contributed by atoms with Gasteiger partial charge >= 0.3 is 0 Å². The Balaban J connectivity index is 2.38. The Hall–Kier alpha value is -1.54. The number of benzene rings is 1. The zero-order chi connectivity index (χ0) is 13.4. The third-order valence-corrected chi connectivity index (χ3v) is 3.13. The molecule has 0 aromatic heterocycles. The number of hydrogen-bond acceptors (Lipinski definition) is 7. The summed E-state index contributed by atoms with van der Waals surface area (Å²) in [5.41, 5.74) is -0.0321. The first-order valence-corrected chi connectivity index (χ1v) is 5.43. The van der Waals surface area contributed by atoms with Crippen molar-refractivity contribution < 1.29 is 30.6 Å². The maximum absolute atomic E-state index is 9.82. The molecule has 0 aliphatic carbocycles. The summed E-state index contributed by atoms with van der Waals surface area (Å²) >= 11 is 0. The molecule has 0 bridgehead atoms. The summed E-state index contributed by atoms with van der Waals surface area (Å²) in [5, 5.41) is 59.7. The molecule has 0 amide bonds. The lowest BCUT2D eigenvalue weighted by molar-refractivity contribution is 0.0190. The highest BCUT2D eigenvalue weighted by Gasteiger charge is 2.43. The number of rotatable bonds is 2. The van der Waals surface area contributed by atoms with Crippen LogP contribution >= 0.6 is 0 Å². The lowest BCUT2D eigenvalue weighted by atomic mass is 9.99. The van der Waals surface area contributed by atoms with Gasteiger partial charge in [0.15, 0.2) is 0 Å². The minimum absolute atomic E-state index is 0.0321. The van der Waals surface area contributed by atoms with Crippen molar-refractivity contribution >= 4 is 0 Å². The van der Waals surface area contributed by atoms with Gasteiger partial charge in [0.05, 0.1) is 30.4 Å². The average molecular weight is 257 g/mol. The molecule has 1 aromatic carbocycles. The Labute approximate surface area is 103 Å². The molecule has 0 unspecified atom stereocenters. The molecule has 0 saturated carbocycles. The number of phenols is 3. The summed E-state index contributed by atoms with van der Waals surface area (Å²) in [6, 6.07) is 0.347. The third-order valence-electron chi connectivity index (χ3n) is 3.13. The van der Waals surface area contributed by atoms with Crippen LogP contribution in [0.15, 0.2) is 12.1 Å². The van der Waals surface area contributed by atoms with E-state index in [-0.39, 0.29) is 11.3 Å². The van der Waals surface area contributed by atoms with Crippen LogP contribution in [0.2, 0.25) is 0 Å². The number of aliphatic hydroxyl groups excluding tert-OH is 3. The van der Waals surface area contributed by atoms with Crippen molar-refractivity contribution in [3.63, 3.8) is 0 Å². The molecule has 1 aromatic rings. The van der Waals surface area contributed by atoms with Crippen LogP contribution in [-0.2, 0) is 0 Å². The third kappa shape index (κ3) is 1.97. The molecular weight excluding hydrogens is 242 g/mol. The molecule has 7 nitrogen and oxygen atoms in total. The zero-order valence-electron chi connectivity index (χ0n) is 9.35. The van der Waals surface area contributed by atoms with E-state index >= 15 is 0 Å². The van der Waals surface area contributed by atoms with Crippen LogP contribution in [0, 0.1) is 0 Å². The van der Waals surface area contributed by atoms with Gasteiger partial charge in [-0.15, -0.1) is 0 Å².